The maximum absolute atomic E-state index is 12.1. The lowest BCUT2D eigenvalue weighted by Crippen LogP contribution is -2.42. The average Bonchev–Trinajstić information content (AvgIpc) is 2.71. The van der Waals surface area contributed by atoms with Crippen molar-refractivity contribution in [2.75, 3.05) is 20.3 Å². The lowest BCUT2D eigenvalue weighted by molar-refractivity contribution is -0.146. The number of hydrogen-bond acceptors (Lipinski definition) is 6. The molecule has 0 bridgehead atoms. The van der Waals surface area contributed by atoms with Gasteiger partial charge in [-0.1, -0.05) is 42.5 Å². The van der Waals surface area contributed by atoms with Gasteiger partial charge in [-0.15, -0.1) is 0 Å². The summed E-state index contributed by atoms with van der Waals surface area (Å²) in [6.45, 7) is 2.46. The van der Waals surface area contributed by atoms with E-state index >= 15 is 0 Å². The van der Waals surface area contributed by atoms with Crippen molar-refractivity contribution in [1.82, 2.24) is 5.32 Å². The predicted octanol–water partition coefficient (Wildman–Crippen LogP) is 2.50. The highest BCUT2D eigenvalue weighted by molar-refractivity contribution is 5.78. The van der Waals surface area contributed by atoms with E-state index in [0.717, 1.165) is 16.9 Å². The van der Waals surface area contributed by atoms with Gasteiger partial charge in [0, 0.05) is 0 Å². The van der Waals surface area contributed by atoms with Crippen LogP contribution in [0, 0.1) is 0 Å². The molecule has 2 rings (SSSR count). The van der Waals surface area contributed by atoms with Crippen LogP contribution in [0.15, 0.2) is 54.6 Å². The molecule has 0 aromatic heterocycles. The molecule has 6 nitrogen and oxygen atoms in total. The van der Waals surface area contributed by atoms with Gasteiger partial charge in [0.1, 0.15) is 18.4 Å². The van der Waals surface area contributed by atoms with Gasteiger partial charge in [0.25, 0.3) is 0 Å². The second kappa shape index (κ2) is 11.0. The number of nitrogens with one attached hydrogen (secondary N) is 1. The smallest absolute Gasteiger partial charge is 0.323 e. The van der Waals surface area contributed by atoms with Crippen molar-refractivity contribution in [2.45, 2.75) is 26.0 Å². The number of hydrogen-bond donors (Lipinski definition) is 1. The zero-order valence-electron chi connectivity index (χ0n) is 15.6. The summed E-state index contributed by atoms with van der Waals surface area (Å²) in [5.74, 6) is -0.0856. The SMILES string of the molecule is CCOC(=O)C(Cc1ccc(OCc2ccccc2)cc1)NCC(=O)OC. The highest BCUT2D eigenvalue weighted by atomic mass is 16.5. The molecule has 1 N–H and O–H groups in total. The molecule has 1 atom stereocenters. The zero-order valence-corrected chi connectivity index (χ0v) is 15.6. The molecule has 0 heterocycles. The average molecular weight is 371 g/mol. The number of benzene rings is 2. The van der Waals surface area contributed by atoms with E-state index in [1.165, 1.54) is 7.11 Å². The Kier molecular flexibility index (Phi) is 8.32. The summed E-state index contributed by atoms with van der Waals surface area (Å²) >= 11 is 0. The summed E-state index contributed by atoms with van der Waals surface area (Å²) in [6, 6.07) is 16.8. The molecule has 2 aromatic carbocycles. The van der Waals surface area contributed by atoms with Gasteiger partial charge < -0.3 is 14.2 Å². The first kappa shape index (κ1) is 20.5. The molecule has 6 heteroatoms. The third-order valence-electron chi connectivity index (χ3n) is 3.90. The molecule has 0 saturated carbocycles. The molecule has 144 valence electrons. The number of esters is 2. The van der Waals surface area contributed by atoms with Crippen LogP contribution in [0.5, 0.6) is 5.75 Å². The summed E-state index contributed by atoms with van der Waals surface area (Å²) in [5.41, 5.74) is 2.02. The quantitative estimate of drug-likeness (QED) is 0.647. The highest BCUT2D eigenvalue weighted by Gasteiger charge is 2.21. The van der Waals surface area contributed by atoms with Crippen molar-refractivity contribution in [1.29, 1.82) is 0 Å². The predicted molar refractivity (Wildman–Crippen MR) is 101 cm³/mol. The molecule has 0 fully saturated rings. The van der Waals surface area contributed by atoms with Gasteiger partial charge in [0.2, 0.25) is 0 Å². The molecule has 0 aliphatic rings. The summed E-state index contributed by atoms with van der Waals surface area (Å²) in [7, 11) is 1.30. The fourth-order valence-corrected chi connectivity index (χ4v) is 2.46. The maximum atomic E-state index is 12.1. The fourth-order valence-electron chi connectivity index (χ4n) is 2.46. The molecule has 0 saturated heterocycles. The molecule has 2 aromatic rings. The van der Waals surface area contributed by atoms with Crippen molar-refractivity contribution in [3.63, 3.8) is 0 Å². The Morgan fingerprint density at radius 1 is 1.00 bits per heavy atom. The van der Waals surface area contributed by atoms with Crippen molar-refractivity contribution in [2.24, 2.45) is 0 Å². The summed E-state index contributed by atoms with van der Waals surface area (Å²) < 4.78 is 15.4. The largest absolute Gasteiger partial charge is 0.489 e. The molecule has 27 heavy (non-hydrogen) atoms. The summed E-state index contributed by atoms with van der Waals surface area (Å²) in [4.78, 5) is 23.4. The van der Waals surface area contributed by atoms with E-state index in [9.17, 15) is 9.59 Å². The summed E-state index contributed by atoms with van der Waals surface area (Å²) in [5, 5.41) is 2.88. The van der Waals surface area contributed by atoms with Gasteiger partial charge in [-0.25, -0.2) is 0 Å². The topological polar surface area (TPSA) is 73.9 Å². The van der Waals surface area contributed by atoms with Gasteiger partial charge in [-0.2, -0.15) is 0 Å². The Labute approximate surface area is 159 Å². The van der Waals surface area contributed by atoms with Crippen molar-refractivity contribution >= 4 is 11.9 Å². The van der Waals surface area contributed by atoms with E-state index in [2.05, 4.69) is 10.1 Å². The van der Waals surface area contributed by atoms with E-state index in [0.29, 0.717) is 13.0 Å². The van der Waals surface area contributed by atoms with E-state index in [1.807, 2.05) is 54.6 Å². The first-order chi connectivity index (χ1) is 13.1. The monoisotopic (exact) mass is 371 g/mol. The second-order valence-corrected chi connectivity index (χ2v) is 5.88. The molecule has 0 amide bonds. The molecule has 1 unspecified atom stereocenters. The first-order valence-electron chi connectivity index (χ1n) is 8.85. The van der Waals surface area contributed by atoms with Gasteiger partial charge in [-0.05, 0) is 36.6 Å². The molecular formula is C21H25NO5. The van der Waals surface area contributed by atoms with Crippen LogP contribution in [0.4, 0.5) is 0 Å². The normalized spacial score (nSPS) is 11.5. The third-order valence-corrected chi connectivity index (χ3v) is 3.90. The van der Waals surface area contributed by atoms with Crippen LogP contribution in [0.3, 0.4) is 0 Å². The van der Waals surface area contributed by atoms with Crippen LogP contribution < -0.4 is 10.1 Å². The zero-order chi connectivity index (χ0) is 19.5. The Morgan fingerprint density at radius 3 is 2.33 bits per heavy atom. The standard InChI is InChI=1S/C21H25NO5/c1-3-26-21(24)19(22-14-20(23)25-2)13-16-9-11-18(12-10-16)27-15-17-7-5-4-6-8-17/h4-12,19,22H,3,13-15H2,1-2H3. The number of rotatable bonds is 10. The minimum Gasteiger partial charge on any atom is -0.489 e. The fraction of sp³-hybridized carbons (Fsp3) is 0.333. The van der Waals surface area contributed by atoms with Crippen LogP contribution in [-0.2, 0) is 32.1 Å². The van der Waals surface area contributed by atoms with Gasteiger partial charge in [-0.3, -0.25) is 14.9 Å². The maximum Gasteiger partial charge on any atom is 0.323 e. The summed E-state index contributed by atoms with van der Waals surface area (Å²) in [6.07, 6.45) is 0.398. The van der Waals surface area contributed by atoms with E-state index in [1.54, 1.807) is 6.92 Å². The van der Waals surface area contributed by atoms with Crippen LogP contribution >= 0.6 is 0 Å². The van der Waals surface area contributed by atoms with Gasteiger partial charge >= 0.3 is 11.9 Å². The molecular weight excluding hydrogens is 346 g/mol. The minimum atomic E-state index is -0.625. The number of carbonyl (C=O) groups is 2. The van der Waals surface area contributed by atoms with E-state index < -0.39 is 18.0 Å². The van der Waals surface area contributed by atoms with Gasteiger partial charge in [0.05, 0.1) is 20.3 Å². The number of methoxy groups -OCH3 is 1. The number of carbonyl (C=O) groups excluding carboxylic acids is 2. The van der Waals surface area contributed by atoms with Crippen LogP contribution in [-0.4, -0.2) is 38.2 Å². The van der Waals surface area contributed by atoms with Crippen LogP contribution in [0.1, 0.15) is 18.1 Å². The van der Waals surface area contributed by atoms with E-state index in [-0.39, 0.29) is 13.2 Å². The molecule has 0 aliphatic heterocycles. The Morgan fingerprint density at radius 2 is 1.70 bits per heavy atom. The van der Waals surface area contributed by atoms with Crippen molar-refractivity contribution in [3.05, 3.63) is 65.7 Å². The van der Waals surface area contributed by atoms with Gasteiger partial charge in [0.15, 0.2) is 0 Å². The minimum absolute atomic E-state index is 0.0573. The second-order valence-electron chi connectivity index (χ2n) is 5.88. The van der Waals surface area contributed by atoms with Crippen molar-refractivity contribution < 1.29 is 23.8 Å². The first-order valence-corrected chi connectivity index (χ1v) is 8.85. The van der Waals surface area contributed by atoms with Crippen LogP contribution in [0.25, 0.3) is 0 Å². The highest BCUT2D eigenvalue weighted by Crippen LogP contribution is 2.15. The van der Waals surface area contributed by atoms with Crippen molar-refractivity contribution in [3.8, 4) is 5.75 Å². The third kappa shape index (κ3) is 7.11. The van der Waals surface area contributed by atoms with E-state index in [4.69, 9.17) is 9.47 Å². The molecule has 0 aliphatic carbocycles. The number of ether oxygens (including phenoxy) is 3. The molecule has 0 spiro atoms. The Hall–Kier alpha value is -2.86. The lowest BCUT2D eigenvalue weighted by atomic mass is 10.1. The lowest BCUT2D eigenvalue weighted by Gasteiger charge is -2.17. The Balaban J connectivity index is 1.93. The van der Waals surface area contributed by atoms with Crippen LogP contribution in [0.2, 0.25) is 0 Å². The molecule has 0 radical (unpaired) electrons. The Bertz CT molecular complexity index is 715.